The normalized spacial score (nSPS) is 10.8. The summed E-state index contributed by atoms with van der Waals surface area (Å²) < 4.78 is 5.81. The first-order chi connectivity index (χ1) is 10.1. The van der Waals surface area contributed by atoms with Crippen LogP contribution in [-0.2, 0) is 6.54 Å². The van der Waals surface area contributed by atoms with Gasteiger partial charge >= 0.3 is 0 Å². The van der Waals surface area contributed by atoms with Crippen molar-refractivity contribution < 1.29 is 4.42 Å². The number of hydrogen-bond donors (Lipinski definition) is 2. The number of benzene rings is 1. The molecular formula is C15H15ClN4O. The van der Waals surface area contributed by atoms with Crippen molar-refractivity contribution in [2.24, 2.45) is 0 Å². The molecule has 3 rings (SSSR count). The third-order valence-corrected chi connectivity index (χ3v) is 3.54. The molecule has 2 N–H and O–H groups in total. The summed E-state index contributed by atoms with van der Waals surface area (Å²) in [6, 6.07) is 9.74. The molecule has 0 radical (unpaired) electrons. The molecular weight excluding hydrogens is 288 g/mol. The van der Waals surface area contributed by atoms with Gasteiger partial charge in [0, 0.05) is 10.6 Å². The fourth-order valence-electron chi connectivity index (χ4n) is 1.96. The fourth-order valence-corrected chi connectivity index (χ4v) is 2.14. The van der Waals surface area contributed by atoms with Crippen LogP contribution in [0.1, 0.15) is 17.1 Å². The van der Waals surface area contributed by atoms with Crippen molar-refractivity contribution in [1.82, 2.24) is 15.2 Å². The van der Waals surface area contributed by atoms with Gasteiger partial charge in [0.05, 0.1) is 6.54 Å². The lowest BCUT2D eigenvalue weighted by molar-refractivity contribution is 0.531. The molecule has 0 aliphatic rings. The van der Waals surface area contributed by atoms with Crippen molar-refractivity contribution in [3.63, 3.8) is 0 Å². The highest BCUT2D eigenvalue weighted by atomic mass is 35.5. The van der Waals surface area contributed by atoms with E-state index in [1.807, 2.05) is 44.2 Å². The summed E-state index contributed by atoms with van der Waals surface area (Å²) in [4.78, 5) is 4.18. The summed E-state index contributed by atoms with van der Waals surface area (Å²) in [7, 11) is 0. The van der Waals surface area contributed by atoms with Gasteiger partial charge in [-0.2, -0.15) is 4.98 Å². The Morgan fingerprint density at radius 1 is 1.24 bits per heavy atom. The van der Waals surface area contributed by atoms with E-state index in [1.165, 1.54) is 0 Å². The molecule has 3 aromatic rings. The highest BCUT2D eigenvalue weighted by molar-refractivity contribution is 6.31. The van der Waals surface area contributed by atoms with Crippen LogP contribution in [0, 0.1) is 13.8 Å². The lowest BCUT2D eigenvalue weighted by atomic mass is 10.1. The van der Waals surface area contributed by atoms with Crippen LogP contribution in [0.2, 0.25) is 5.02 Å². The number of halogens is 1. The van der Waals surface area contributed by atoms with Gasteiger partial charge in [-0.15, -0.1) is 5.10 Å². The average molecular weight is 303 g/mol. The van der Waals surface area contributed by atoms with Gasteiger partial charge in [0.15, 0.2) is 0 Å². The number of nitrogens with one attached hydrogen (secondary N) is 2. The zero-order valence-corrected chi connectivity index (χ0v) is 12.5. The smallest absolute Gasteiger partial charge is 0.242 e. The van der Waals surface area contributed by atoms with Crippen LogP contribution in [-0.4, -0.2) is 15.2 Å². The van der Waals surface area contributed by atoms with E-state index >= 15 is 0 Å². The van der Waals surface area contributed by atoms with E-state index in [4.69, 9.17) is 16.0 Å². The van der Waals surface area contributed by atoms with Crippen molar-refractivity contribution in [2.75, 3.05) is 5.32 Å². The van der Waals surface area contributed by atoms with Crippen LogP contribution in [0.25, 0.3) is 11.3 Å². The largest absolute Gasteiger partial charge is 0.459 e. The van der Waals surface area contributed by atoms with Crippen LogP contribution in [0.15, 0.2) is 34.7 Å². The van der Waals surface area contributed by atoms with E-state index in [2.05, 4.69) is 20.5 Å². The lowest BCUT2D eigenvalue weighted by Crippen LogP contribution is -1.99. The van der Waals surface area contributed by atoms with E-state index in [0.717, 1.165) is 33.5 Å². The number of H-pyrrole nitrogens is 1. The molecule has 0 amide bonds. The predicted molar refractivity (Wildman–Crippen MR) is 82.3 cm³/mol. The molecule has 6 heteroatoms. The van der Waals surface area contributed by atoms with Crippen molar-refractivity contribution in [2.45, 2.75) is 20.4 Å². The maximum absolute atomic E-state index is 6.14. The first kappa shape index (κ1) is 13.7. The Hall–Kier alpha value is -2.27. The summed E-state index contributed by atoms with van der Waals surface area (Å²) in [5, 5.41) is 10.6. The second-order valence-electron chi connectivity index (χ2n) is 4.83. The summed E-state index contributed by atoms with van der Waals surface area (Å²) in [5.41, 5.74) is 2.01. The summed E-state index contributed by atoms with van der Waals surface area (Å²) in [6.07, 6.45) is 0. The molecule has 0 saturated heterocycles. The molecule has 1 aromatic carbocycles. The highest BCUT2D eigenvalue weighted by Gasteiger charge is 2.07. The molecule has 0 spiro atoms. The second kappa shape index (κ2) is 5.61. The van der Waals surface area contributed by atoms with E-state index in [1.54, 1.807) is 0 Å². The van der Waals surface area contributed by atoms with Crippen LogP contribution in [0.4, 0.5) is 5.95 Å². The monoisotopic (exact) mass is 302 g/mol. The van der Waals surface area contributed by atoms with Crippen molar-refractivity contribution in [3.05, 3.63) is 52.5 Å². The molecule has 0 atom stereocenters. The van der Waals surface area contributed by atoms with Gasteiger partial charge in [0.2, 0.25) is 5.95 Å². The van der Waals surface area contributed by atoms with Crippen LogP contribution in [0.5, 0.6) is 0 Å². The molecule has 2 heterocycles. The number of aromatic amines is 1. The number of aryl methyl sites for hydroxylation is 2. The molecule has 0 unspecified atom stereocenters. The molecule has 0 bridgehead atoms. The first-order valence-corrected chi connectivity index (χ1v) is 6.98. The number of aromatic nitrogens is 3. The van der Waals surface area contributed by atoms with Gasteiger partial charge < -0.3 is 9.73 Å². The summed E-state index contributed by atoms with van der Waals surface area (Å²) in [5.74, 6) is 2.93. The van der Waals surface area contributed by atoms with Crippen LogP contribution >= 0.6 is 11.6 Å². The minimum atomic E-state index is 0.525. The Bertz CT molecular complexity index is 763. The number of nitrogens with zero attached hydrogens (tertiary/aromatic N) is 2. The van der Waals surface area contributed by atoms with Crippen LogP contribution < -0.4 is 5.32 Å². The van der Waals surface area contributed by atoms with Crippen LogP contribution in [0.3, 0.4) is 0 Å². The Kier molecular flexibility index (Phi) is 3.66. The Morgan fingerprint density at radius 3 is 2.81 bits per heavy atom. The first-order valence-electron chi connectivity index (χ1n) is 6.60. The molecule has 5 nitrogen and oxygen atoms in total. The van der Waals surface area contributed by atoms with Crippen molar-refractivity contribution in [3.8, 4) is 11.3 Å². The molecule has 2 aromatic heterocycles. The Balaban J connectivity index is 1.72. The minimum Gasteiger partial charge on any atom is -0.459 e. The number of anilines is 1. The zero-order valence-electron chi connectivity index (χ0n) is 11.8. The van der Waals surface area contributed by atoms with Gasteiger partial charge in [-0.3, -0.25) is 5.10 Å². The minimum absolute atomic E-state index is 0.525. The predicted octanol–water partition coefficient (Wildman–Crippen LogP) is 3.95. The molecule has 0 aliphatic carbocycles. The molecule has 108 valence electrons. The average Bonchev–Trinajstić information content (AvgIpc) is 3.08. The number of furan rings is 1. The summed E-state index contributed by atoms with van der Waals surface area (Å²) >= 11 is 6.14. The SMILES string of the molecule is Cc1nc(NCc2ccc(-c3ccc(C)c(Cl)c3)o2)n[nH]1. The van der Waals surface area contributed by atoms with E-state index in [0.29, 0.717) is 12.5 Å². The number of rotatable bonds is 4. The third kappa shape index (κ3) is 3.08. The lowest BCUT2D eigenvalue weighted by Gasteiger charge is -2.01. The topological polar surface area (TPSA) is 66.7 Å². The third-order valence-electron chi connectivity index (χ3n) is 3.14. The van der Waals surface area contributed by atoms with Gasteiger partial charge in [-0.1, -0.05) is 23.7 Å². The quantitative estimate of drug-likeness (QED) is 0.766. The summed E-state index contributed by atoms with van der Waals surface area (Å²) in [6.45, 7) is 4.35. The molecule has 0 aliphatic heterocycles. The fraction of sp³-hybridized carbons (Fsp3) is 0.200. The van der Waals surface area contributed by atoms with E-state index in [9.17, 15) is 0 Å². The molecule has 21 heavy (non-hydrogen) atoms. The second-order valence-corrected chi connectivity index (χ2v) is 5.24. The molecule has 0 fully saturated rings. The zero-order chi connectivity index (χ0) is 14.8. The highest BCUT2D eigenvalue weighted by Crippen LogP contribution is 2.27. The van der Waals surface area contributed by atoms with Crippen molar-refractivity contribution >= 4 is 17.5 Å². The van der Waals surface area contributed by atoms with E-state index in [-0.39, 0.29) is 0 Å². The Morgan fingerprint density at radius 2 is 2.10 bits per heavy atom. The van der Waals surface area contributed by atoms with Gasteiger partial charge in [-0.25, -0.2) is 0 Å². The maximum atomic E-state index is 6.14. The number of hydrogen-bond acceptors (Lipinski definition) is 4. The standard InChI is InChI=1S/C15H15ClN4O/c1-9-3-4-11(7-13(9)16)14-6-5-12(21-14)8-17-15-18-10(2)19-20-15/h3-7H,8H2,1-2H3,(H2,17,18,19,20). The molecule has 0 saturated carbocycles. The van der Waals surface area contributed by atoms with Gasteiger partial charge in [0.1, 0.15) is 17.3 Å². The van der Waals surface area contributed by atoms with E-state index < -0.39 is 0 Å². The van der Waals surface area contributed by atoms with Crippen molar-refractivity contribution in [1.29, 1.82) is 0 Å². The maximum Gasteiger partial charge on any atom is 0.242 e. The van der Waals surface area contributed by atoms with Gasteiger partial charge in [0.25, 0.3) is 0 Å². The Labute approximate surface area is 127 Å². The van der Waals surface area contributed by atoms with Gasteiger partial charge in [-0.05, 0) is 37.6 Å².